The predicted octanol–water partition coefficient (Wildman–Crippen LogP) is -0.155. The number of amides is 2. The Morgan fingerprint density at radius 3 is 2.70 bits per heavy atom. The van der Waals surface area contributed by atoms with Gasteiger partial charge >= 0.3 is 6.03 Å². The van der Waals surface area contributed by atoms with Gasteiger partial charge in [0.2, 0.25) is 0 Å². The van der Waals surface area contributed by atoms with E-state index in [9.17, 15) is 4.79 Å². The molecule has 2 aliphatic rings. The molecular weight excluding hydrogens is 130 g/mol. The van der Waals surface area contributed by atoms with Gasteiger partial charge in [0.25, 0.3) is 0 Å². The maximum atomic E-state index is 10.6. The Morgan fingerprint density at radius 1 is 1.60 bits per heavy atom. The molecule has 10 heavy (non-hydrogen) atoms. The summed E-state index contributed by atoms with van der Waals surface area (Å²) in [6.45, 7) is 0. The van der Waals surface area contributed by atoms with Gasteiger partial charge in [-0.2, -0.15) is 4.99 Å². The number of amidine groups is 1. The summed E-state index contributed by atoms with van der Waals surface area (Å²) < 4.78 is 0. The van der Waals surface area contributed by atoms with Gasteiger partial charge in [-0.3, -0.25) is 0 Å². The SMILES string of the molecule is NC1=NC(=O)NC1C1CC1. The van der Waals surface area contributed by atoms with Crippen molar-refractivity contribution in [1.29, 1.82) is 0 Å². The lowest BCUT2D eigenvalue weighted by Gasteiger charge is -2.06. The minimum Gasteiger partial charge on any atom is -0.385 e. The van der Waals surface area contributed by atoms with Crippen LogP contribution in [-0.2, 0) is 0 Å². The first-order valence-electron chi connectivity index (χ1n) is 3.42. The first-order chi connectivity index (χ1) is 4.77. The summed E-state index contributed by atoms with van der Waals surface area (Å²) in [4.78, 5) is 14.2. The number of carbonyl (C=O) groups is 1. The third kappa shape index (κ3) is 0.761. The number of urea groups is 1. The molecule has 1 aliphatic heterocycles. The summed E-state index contributed by atoms with van der Waals surface area (Å²) in [5, 5.41) is 2.70. The Hall–Kier alpha value is -1.06. The smallest absolute Gasteiger partial charge is 0.343 e. The molecule has 0 aromatic rings. The molecule has 0 spiro atoms. The average molecular weight is 139 g/mol. The van der Waals surface area contributed by atoms with E-state index in [4.69, 9.17) is 5.73 Å². The zero-order valence-electron chi connectivity index (χ0n) is 5.50. The molecule has 0 bridgehead atoms. The summed E-state index contributed by atoms with van der Waals surface area (Å²) in [5.74, 6) is 1.03. The maximum absolute atomic E-state index is 10.6. The van der Waals surface area contributed by atoms with E-state index in [0.717, 1.165) is 0 Å². The number of nitrogens with zero attached hydrogens (tertiary/aromatic N) is 1. The lowest BCUT2D eigenvalue weighted by molar-refractivity contribution is 0.249. The van der Waals surface area contributed by atoms with Crippen LogP contribution in [0.2, 0.25) is 0 Å². The van der Waals surface area contributed by atoms with Crippen LogP contribution in [0.3, 0.4) is 0 Å². The van der Waals surface area contributed by atoms with Crippen LogP contribution in [0.1, 0.15) is 12.8 Å². The molecule has 0 saturated heterocycles. The van der Waals surface area contributed by atoms with E-state index in [-0.39, 0.29) is 12.1 Å². The van der Waals surface area contributed by atoms with Crippen LogP contribution >= 0.6 is 0 Å². The fourth-order valence-electron chi connectivity index (χ4n) is 1.21. The van der Waals surface area contributed by atoms with Crippen LogP contribution in [0, 0.1) is 5.92 Å². The lowest BCUT2D eigenvalue weighted by Crippen LogP contribution is -2.37. The standard InChI is InChI=1S/C6H9N3O/c7-5-4(3-1-2-3)8-6(10)9-5/h3-4H,1-2H2,(H3,7,8,9,10). The Bertz CT molecular complexity index is 207. The van der Waals surface area contributed by atoms with Gasteiger partial charge in [-0.15, -0.1) is 0 Å². The first kappa shape index (κ1) is 5.70. The largest absolute Gasteiger partial charge is 0.385 e. The fourth-order valence-corrected chi connectivity index (χ4v) is 1.21. The molecule has 1 atom stereocenters. The second-order valence-electron chi connectivity index (χ2n) is 2.80. The highest BCUT2D eigenvalue weighted by atomic mass is 16.2. The molecule has 54 valence electrons. The van der Waals surface area contributed by atoms with E-state index >= 15 is 0 Å². The van der Waals surface area contributed by atoms with Crippen molar-refractivity contribution >= 4 is 11.9 Å². The van der Waals surface area contributed by atoms with E-state index in [1.807, 2.05) is 0 Å². The second kappa shape index (κ2) is 1.71. The van der Waals surface area contributed by atoms with Crippen molar-refractivity contribution in [2.45, 2.75) is 18.9 Å². The van der Waals surface area contributed by atoms with Gasteiger partial charge in [-0.05, 0) is 18.8 Å². The average Bonchev–Trinajstić information content (AvgIpc) is 2.61. The Labute approximate surface area is 58.5 Å². The molecule has 0 aromatic heterocycles. The molecular formula is C6H9N3O. The molecule has 1 saturated carbocycles. The second-order valence-corrected chi connectivity index (χ2v) is 2.80. The molecule has 1 unspecified atom stereocenters. The van der Waals surface area contributed by atoms with Crippen molar-refractivity contribution in [1.82, 2.24) is 5.32 Å². The Balaban J connectivity index is 2.11. The van der Waals surface area contributed by atoms with E-state index in [1.165, 1.54) is 12.8 Å². The Morgan fingerprint density at radius 2 is 2.30 bits per heavy atom. The maximum Gasteiger partial charge on any atom is 0.343 e. The minimum absolute atomic E-state index is 0.0486. The summed E-state index contributed by atoms with van der Waals surface area (Å²) in [5.41, 5.74) is 5.48. The summed E-state index contributed by atoms with van der Waals surface area (Å²) >= 11 is 0. The lowest BCUT2D eigenvalue weighted by atomic mass is 10.2. The summed E-state index contributed by atoms with van der Waals surface area (Å²) in [6.07, 6.45) is 2.34. The summed E-state index contributed by atoms with van der Waals surface area (Å²) in [6, 6.07) is -0.234. The van der Waals surface area contributed by atoms with E-state index in [0.29, 0.717) is 11.8 Å². The predicted molar refractivity (Wildman–Crippen MR) is 36.7 cm³/mol. The third-order valence-corrected chi connectivity index (χ3v) is 1.92. The molecule has 1 heterocycles. The first-order valence-corrected chi connectivity index (χ1v) is 3.42. The van der Waals surface area contributed by atoms with Gasteiger partial charge in [0, 0.05) is 0 Å². The normalized spacial score (nSPS) is 31.8. The quantitative estimate of drug-likeness (QED) is 0.530. The molecule has 2 amide bonds. The van der Waals surface area contributed by atoms with Crippen molar-refractivity contribution < 1.29 is 4.79 Å². The van der Waals surface area contributed by atoms with Crippen molar-refractivity contribution in [3.63, 3.8) is 0 Å². The van der Waals surface area contributed by atoms with Crippen LogP contribution < -0.4 is 11.1 Å². The van der Waals surface area contributed by atoms with Gasteiger partial charge in [-0.25, -0.2) is 4.79 Å². The van der Waals surface area contributed by atoms with Gasteiger partial charge < -0.3 is 11.1 Å². The van der Waals surface area contributed by atoms with Crippen molar-refractivity contribution in [2.75, 3.05) is 0 Å². The molecule has 1 aliphatic carbocycles. The molecule has 0 aromatic carbocycles. The highest BCUT2D eigenvalue weighted by Gasteiger charge is 2.37. The number of aliphatic imine (C=N–C) groups is 1. The molecule has 0 radical (unpaired) electrons. The summed E-state index contributed by atoms with van der Waals surface area (Å²) in [7, 11) is 0. The molecule has 1 fully saturated rings. The van der Waals surface area contributed by atoms with Crippen LogP contribution in [0.5, 0.6) is 0 Å². The third-order valence-electron chi connectivity index (χ3n) is 1.92. The molecule has 3 N–H and O–H groups in total. The minimum atomic E-state index is -0.283. The number of hydrogen-bond acceptors (Lipinski definition) is 2. The van der Waals surface area contributed by atoms with Crippen LogP contribution in [0.4, 0.5) is 4.79 Å². The van der Waals surface area contributed by atoms with Crippen molar-refractivity contribution in [3.8, 4) is 0 Å². The highest BCUT2D eigenvalue weighted by Crippen LogP contribution is 2.33. The van der Waals surface area contributed by atoms with Gasteiger partial charge in [0.15, 0.2) is 0 Å². The monoisotopic (exact) mass is 139 g/mol. The molecule has 4 heteroatoms. The van der Waals surface area contributed by atoms with Crippen LogP contribution in [-0.4, -0.2) is 17.9 Å². The van der Waals surface area contributed by atoms with Crippen LogP contribution in [0.25, 0.3) is 0 Å². The molecule has 4 nitrogen and oxygen atoms in total. The van der Waals surface area contributed by atoms with Gasteiger partial charge in [0.05, 0.1) is 6.04 Å². The highest BCUT2D eigenvalue weighted by molar-refractivity contribution is 6.03. The van der Waals surface area contributed by atoms with E-state index < -0.39 is 0 Å². The van der Waals surface area contributed by atoms with Gasteiger partial charge in [0.1, 0.15) is 5.84 Å². The van der Waals surface area contributed by atoms with Gasteiger partial charge in [-0.1, -0.05) is 0 Å². The van der Waals surface area contributed by atoms with Crippen molar-refractivity contribution in [3.05, 3.63) is 0 Å². The van der Waals surface area contributed by atoms with Crippen molar-refractivity contribution in [2.24, 2.45) is 16.6 Å². The van der Waals surface area contributed by atoms with E-state index in [1.54, 1.807) is 0 Å². The zero-order valence-corrected chi connectivity index (χ0v) is 5.50. The number of nitrogens with two attached hydrogens (primary N) is 1. The number of nitrogens with one attached hydrogen (secondary N) is 1. The topological polar surface area (TPSA) is 67.5 Å². The van der Waals surface area contributed by atoms with Crippen LogP contribution in [0.15, 0.2) is 4.99 Å². The zero-order chi connectivity index (χ0) is 7.14. The Kier molecular flexibility index (Phi) is 0.977. The molecule has 2 rings (SSSR count). The van der Waals surface area contributed by atoms with E-state index in [2.05, 4.69) is 10.3 Å². The number of hydrogen-bond donors (Lipinski definition) is 2. The number of rotatable bonds is 1. The fraction of sp³-hybridized carbons (Fsp3) is 0.667. The number of carbonyl (C=O) groups excluding carboxylic acids is 1.